The van der Waals surface area contributed by atoms with Gasteiger partial charge in [0.15, 0.2) is 0 Å². The van der Waals surface area contributed by atoms with Crippen LogP contribution < -0.4 is 10.9 Å². The molecule has 0 spiro atoms. The number of fused-ring (bicyclic) bond motifs is 1. The van der Waals surface area contributed by atoms with E-state index in [4.69, 9.17) is 0 Å². The van der Waals surface area contributed by atoms with Crippen LogP contribution >= 0.6 is 0 Å². The Labute approximate surface area is 182 Å². The van der Waals surface area contributed by atoms with Gasteiger partial charge in [-0.15, -0.1) is 0 Å². The number of hydrogen-bond donors (Lipinski definition) is 1. The second kappa shape index (κ2) is 8.48. The van der Waals surface area contributed by atoms with Crippen molar-refractivity contribution < 1.29 is 18.1 Å². The molecule has 11 nitrogen and oxygen atoms in total. The molecular formula is C20H19N5O6S. The van der Waals surface area contributed by atoms with Gasteiger partial charge in [-0.2, -0.15) is 4.31 Å². The molecule has 1 N–H and O–H groups in total. The summed E-state index contributed by atoms with van der Waals surface area (Å²) in [7, 11) is -3.64. The van der Waals surface area contributed by atoms with Crippen LogP contribution in [0.2, 0.25) is 0 Å². The minimum Gasteiger partial charge on any atom is -0.324 e. The topological polar surface area (TPSA) is 145 Å². The average molecular weight is 457 g/mol. The van der Waals surface area contributed by atoms with Crippen LogP contribution in [0.5, 0.6) is 0 Å². The third kappa shape index (κ3) is 4.22. The highest BCUT2D eigenvalue weighted by molar-refractivity contribution is 7.89. The van der Waals surface area contributed by atoms with Crippen molar-refractivity contribution in [1.82, 2.24) is 13.9 Å². The molecule has 3 aromatic rings. The number of rotatable bonds is 6. The number of nitrogens with zero attached hydrogens (tertiary/aromatic N) is 4. The Balaban J connectivity index is 1.54. The molecule has 0 saturated carbocycles. The Morgan fingerprint density at radius 2 is 1.91 bits per heavy atom. The van der Waals surface area contributed by atoms with E-state index < -0.39 is 33.0 Å². The van der Waals surface area contributed by atoms with E-state index in [2.05, 4.69) is 10.3 Å². The fourth-order valence-corrected chi connectivity index (χ4v) is 5.10. The molecule has 1 saturated heterocycles. The number of benzene rings is 2. The van der Waals surface area contributed by atoms with Crippen molar-refractivity contribution in [3.8, 4) is 0 Å². The standard InChI is InChI=1S/C20H19N5O6S/c26-19(12-23-13-21-18-7-6-15(25(28)29)11-17(18)20(23)27)22-14-4-3-5-16(10-14)32(30,31)24-8-1-2-9-24/h3-7,10-11,13H,1-2,8-9,12H2,(H,22,26). The monoisotopic (exact) mass is 457 g/mol. The molecule has 0 bridgehead atoms. The Morgan fingerprint density at radius 3 is 2.62 bits per heavy atom. The highest BCUT2D eigenvalue weighted by atomic mass is 32.2. The molecule has 0 radical (unpaired) electrons. The van der Waals surface area contributed by atoms with Gasteiger partial charge >= 0.3 is 0 Å². The normalized spacial score (nSPS) is 14.5. The summed E-state index contributed by atoms with van der Waals surface area (Å²) in [5.41, 5.74) is -0.307. The number of nitro benzene ring substituents is 1. The van der Waals surface area contributed by atoms with Crippen LogP contribution in [0.25, 0.3) is 10.9 Å². The maximum Gasteiger partial charge on any atom is 0.270 e. The van der Waals surface area contributed by atoms with Crippen molar-refractivity contribution in [3.63, 3.8) is 0 Å². The van der Waals surface area contributed by atoms with E-state index in [-0.39, 0.29) is 27.2 Å². The first-order valence-corrected chi connectivity index (χ1v) is 11.2. The number of nitro groups is 1. The second-order valence-corrected chi connectivity index (χ2v) is 9.26. The number of anilines is 1. The minimum absolute atomic E-state index is 0.0215. The summed E-state index contributed by atoms with van der Waals surface area (Å²) in [6, 6.07) is 9.64. The summed E-state index contributed by atoms with van der Waals surface area (Å²) in [6.45, 7) is 0.539. The average Bonchev–Trinajstić information content (AvgIpc) is 3.31. The maximum absolute atomic E-state index is 12.7. The van der Waals surface area contributed by atoms with Crippen molar-refractivity contribution in [1.29, 1.82) is 0 Å². The number of non-ortho nitro benzene ring substituents is 1. The molecule has 0 unspecified atom stereocenters. The van der Waals surface area contributed by atoms with Gasteiger partial charge < -0.3 is 5.32 Å². The molecule has 32 heavy (non-hydrogen) atoms. The van der Waals surface area contributed by atoms with Crippen LogP contribution in [0.1, 0.15) is 12.8 Å². The summed E-state index contributed by atoms with van der Waals surface area (Å²) in [5, 5.41) is 13.6. The largest absolute Gasteiger partial charge is 0.324 e. The fourth-order valence-electron chi connectivity index (χ4n) is 3.54. The molecule has 166 valence electrons. The Kier molecular flexibility index (Phi) is 5.72. The number of nitrogens with one attached hydrogen (secondary N) is 1. The van der Waals surface area contributed by atoms with Crippen molar-refractivity contribution >= 4 is 38.2 Å². The third-order valence-corrected chi connectivity index (χ3v) is 7.05. The predicted octanol–water partition coefficient (Wildman–Crippen LogP) is 1.73. The lowest BCUT2D eigenvalue weighted by Gasteiger charge is -2.16. The highest BCUT2D eigenvalue weighted by Gasteiger charge is 2.27. The molecule has 1 aliphatic heterocycles. The quantitative estimate of drug-likeness (QED) is 0.438. The van der Waals surface area contributed by atoms with Gasteiger partial charge in [0.05, 0.1) is 27.0 Å². The van der Waals surface area contributed by atoms with Crippen LogP contribution in [-0.2, 0) is 21.4 Å². The minimum atomic E-state index is -3.64. The summed E-state index contributed by atoms with van der Waals surface area (Å²) in [4.78, 5) is 39.7. The van der Waals surface area contributed by atoms with Gasteiger partial charge in [-0.1, -0.05) is 6.07 Å². The van der Waals surface area contributed by atoms with Gasteiger partial charge in [-0.05, 0) is 37.1 Å². The predicted molar refractivity (Wildman–Crippen MR) is 116 cm³/mol. The second-order valence-electron chi connectivity index (χ2n) is 7.32. The van der Waals surface area contributed by atoms with Gasteiger partial charge in [0, 0.05) is 30.9 Å². The fraction of sp³-hybridized carbons (Fsp3) is 0.250. The smallest absolute Gasteiger partial charge is 0.270 e. The maximum atomic E-state index is 12.7. The van der Waals surface area contributed by atoms with Gasteiger partial charge in [-0.25, -0.2) is 13.4 Å². The molecular weight excluding hydrogens is 438 g/mol. The lowest BCUT2D eigenvalue weighted by Crippen LogP contribution is -2.29. The van der Waals surface area contributed by atoms with E-state index in [1.165, 1.54) is 41.0 Å². The molecule has 1 aromatic heterocycles. The molecule has 1 aliphatic rings. The lowest BCUT2D eigenvalue weighted by atomic mass is 10.2. The first-order valence-electron chi connectivity index (χ1n) is 9.79. The number of aromatic nitrogens is 2. The number of carbonyl (C=O) groups is 1. The molecule has 4 rings (SSSR count). The molecule has 2 heterocycles. The van der Waals surface area contributed by atoms with Crippen molar-refractivity contribution in [2.24, 2.45) is 0 Å². The number of carbonyl (C=O) groups excluding carboxylic acids is 1. The summed E-state index contributed by atoms with van der Waals surface area (Å²) in [5.74, 6) is -0.575. The number of amides is 1. The zero-order valence-electron chi connectivity index (χ0n) is 16.8. The number of hydrogen-bond acceptors (Lipinski definition) is 7. The van der Waals surface area contributed by atoms with E-state index >= 15 is 0 Å². The van der Waals surface area contributed by atoms with E-state index in [9.17, 15) is 28.1 Å². The first-order chi connectivity index (χ1) is 15.3. The van der Waals surface area contributed by atoms with E-state index in [0.717, 1.165) is 23.5 Å². The zero-order chi connectivity index (χ0) is 22.9. The summed E-state index contributed by atoms with van der Waals surface area (Å²) < 4.78 is 27.9. The van der Waals surface area contributed by atoms with Crippen molar-refractivity contribution in [2.45, 2.75) is 24.3 Å². The van der Waals surface area contributed by atoms with Gasteiger partial charge in [0.2, 0.25) is 15.9 Å². The Bertz CT molecular complexity index is 1380. The summed E-state index contributed by atoms with van der Waals surface area (Å²) >= 11 is 0. The van der Waals surface area contributed by atoms with Crippen molar-refractivity contribution in [3.05, 3.63) is 69.3 Å². The lowest BCUT2D eigenvalue weighted by molar-refractivity contribution is -0.384. The molecule has 2 aromatic carbocycles. The van der Waals surface area contributed by atoms with Crippen molar-refractivity contribution in [2.75, 3.05) is 18.4 Å². The SMILES string of the molecule is O=C(Cn1cnc2ccc([N+](=O)[O-])cc2c1=O)Nc1cccc(S(=O)(=O)N2CCCC2)c1. The Hall–Kier alpha value is -3.64. The molecule has 1 fully saturated rings. The summed E-state index contributed by atoms with van der Waals surface area (Å²) in [6.07, 6.45) is 2.81. The zero-order valence-corrected chi connectivity index (χ0v) is 17.6. The van der Waals surface area contributed by atoms with Gasteiger partial charge in [0.25, 0.3) is 11.2 Å². The van der Waals surface area contributed by atoms with Crippen LogP contribution in [0.3, 0.4) is 0 Å². The Morgan fingerprint density at radius 1 is 1.16 bits per heavy atom. The number of sulfonamides is 1. The molecule has 1 amide bonds. The van der Waals surface area contributed by atoms with Crippen LogP contribution in [-0.4, -0.2) is 46.2 Å². The van der Waals surface area contributed by atoms with Crippen LogP contribution in [0.4, 0.5) is 11.4 Å². The van der Waals surface area contributed by atoms with Gasteiger partial charge in [-0.3, -0.25) is 24.3 Å². The van der Waals surface area contributed by atoms with E-state index in [0.29, 0.717) is 13.1 Å². The van der Waals surface area contributed by atoms with E-state index in [1.807, 2.05) is 0 Å². The highest BCUT2D eigenvalue weighted by Crippen LogP contribution is 2.23. The third-order valence-electron chi connectivity index (χ3n) is 5.15. The molecule has 0 aliphatic carbocycles. The van der Waals surface area contributed by atoms with Crippen LogP contribution in [0.15, 0.2) is 58.5 Å². The molecule has 12 heteroatoms. The first kappa shape index (κ1) is 21.6. The van der Waals surface area contributed by atoms with Crippen LogP contribution in [0, 0.1) is 10.1 Å². The van der Waals surface area contributed by atoms with E-state index in [1.54, 1.807) is 6.07 Å². The van der Waals surface area contributed by atoms with Gasteiger partial charge in [0.1, 0.15) is 6.54 Å². The molecule has 0 atom stereocenters.